The Hall–Kier alpha value is -0.590. The quantitative estimate of drug-likeness (QED) is 0.720. The number of hydrogen-bond acceptors (Lipinski definition) is 3. The van der Waals surface area contributed by atoms with Crippen LogP contribution in [0, 0.1) is 11.3 Å². The van der Waals surface area contributed by atoms with Gasteiger partial charge in [0.25, 0.3) is 0 Å². The third-order valence-electron chi connectivity index (χ3n) is 2.62. The first kappa shape index (κ1) is 11.5. The summed E-state index contributed by atoms with van der Waals surface area (Å²) in [5, 5.41) is 12.2. The van der Waals surface area contributed by atoms with E-state index in [9.17, 15) is 0 Å². The number of nitrogens with one attached hydrogen (secondary N) is 1. The van der Waals surface area contributed by atoms with Crippen molar-refractivity contribution in [3.05, 3.63) is 0 Å². The molecule has 0 aliphatic carbocycles. The predicted octanol–water partition coefficient (Wildman–Crippen LogP) is 1.36. The number of nitrogens with zero attached hydrogens (tertiary/aromatic N) is 2. The summed E-state index contributed by atoms with van der Waals surface area (Å²) in [5.41, 5.74) is 0. The molecule has 0 aromatic rings. The molecule has 1 unspecified atom stereocenters. The number of rotatable bonds is 5. The molecule has 0 spiro atoms. The molecule has 80 valence electrons. The van der Waals surface area contributed by atoms with Crippen LogP contribution in [0.3, 0.4) is 0 Å². The Kier molecular flexibility index (Phi) is 4.92. The molecule has 0 bridgehead atoms. The zero-order valence-corrected chi connectivity index (χ0v) is 9.29. The Morgan fingerprint density at radius 3 is 2.50 bits per heavy atom. The lowest BCUT2D eigenvalue weighted by Gasteiger charge is -2.19. The van der Waals surface area contributed by atoms with Crippen LogP contribution in [0.15, 0.2) is 0 Å². The summed E-state index contributed by atoms with van der Waals surface area (Å²) in [4.78, 5) is 2.45. The molecule has 1 heterocycles. The Morgan fingerprint density at radius 2 is 2.00 bits per heavy atom. The van der Waals surface area contributed by atoms with Gasteiger partial charge in [-0.05, 0) is 46.2 Å². The summed E-state index contributed by atoms with van der Waals surface area (Å²) in [5.74, 6) is 0. The van der Waals surface area contributed by atoms with E-state index >= 15 is 0 Å². The van der Waals surface area contributed by atoms with Gasteiger partial charge in [-0.15, -0.1) is 0 Å². The van der Waals surface area contributed by atoms with Crippen LogP contribution in [0.5, 0.6) is 0 Å². The molecule has 0 aromatic heterocycles. The highest BCUT2D eigenvalue weighted by molar-refractivity contribution is 4.91. The van der Waals surface area contributed by atoms with E-state index in [4.69, 9.17) is 5.26 Å². The maximum Gasteiger partial charge on any atom is 0.0967 e. The molecule has 1 rings (SSSR count). The highest BCUT2D eigenvalue weighted by Crippen LogP contribution is 2.08. The van der Waals surface area contributed by atoms with Gasteiger partial charge in [0, 0.05) is 12.6 Å². The number of nitriles is 1. The lowest BCUT2D eigenvalue weighted by atomic mass is 10.2. The van der Waals surface area contributed by atoms with E-state index in [2.05, 4.69) is 30.1 Å². The first-order chi connectivity index (χ1) is 6.72. The van der Waals surface area contributed by atoms with Gasteiger partial charge in [-0.1, -0.05) is 0 Å². The molecular formula is C11H21N3. The molecule has 14 heavy (non-hydrogen) atoms. The van der Waals surface area contributed by atoms with Crippen LogP contribution in [-0.4, -0.2) is 36.6 Å². The minimum Gasteiger partial charge on any atom is -0.303 e. The molecule has 0 aromatic carbocycles. The lowest BCUT2D eigenvalue weighted by molar-refractivity contribution is 0.317. The molecule has 1 aliphatic rings. The van der Waals surface area contributed by atoms with Crippen LogP contribution in [0.1, 0.15) is 33.1 Å². The monoisotopic (exact) mass is 195 g/mol. The van der Waals surface area contributed by atoms with Crippen molar-refractivity contribution < 1.29 is 0 Å². The summed E-state index contributed by atoms with van der Waals surface area (Å²) in [6.07, 6.45) is 3.61. The van der Waals surface area contributed by atoms with Crippen LogP contribution in [0.25, 0.3) is 0 Å². The normalized spacial score (nSPS) is 19.9. The number of likely N-dealkylation sites (tertiary alicyclic amines) is 1. The van der Waals surface area contributed by atoms with Gasteiger partial charge in [-0.25, -0.2) is 0 Å². The summed E-state index contributed by atoms with van der Waals surface area (Å²) in [6, 6.07) is 2.74. The summed E-state index contributed by atoms with van der Waals surface area (Å²) >= 11 is 0. The van der Waals surface area contributed by atoms with Gasteiger partial charge in [0.05, 0.1) is 12.1 Å². The van der Waals surface area contributed by atoms with E-state index < -0.39 is 0 Å². The van der Waals surface area contributed by atoms with Crippen molar-refractivity contribution in [3.8, 4) is 6.07 Å². The van der Waals surface area contributed by atoms with Gasteiger partial charge >= 0.3 is 0 Å². The molecule has 1 aliphatic heterocycles. The Morgan fingerprint density at radius 1 is 1.36 bits per heavy atom. The standard InChI is InChI=1S/C11H21N3/c1-10(2)13-11(9-12)5-8-14-6-3-4-7-14/h10-11,13H,3-8H2,1-2H3. The smallest absolute Gasteiger partial charge is 0.0967 e. The molecule has 3 heteroatoms. The SMILES string of the molecule is CC(C)NC(C#N)CCN1CCCC1. The van der Waals surface area contributed by atoms with Crippen LogP contribution in [0.2, 0.25) is 0 Å². The largest absolute Gasteiger partial charge is 0.303 e. The van der Waals surface area contributed by atoms with E-state index in [1.165, 1.54) is 25.9 Å². The van der Waals surface area contributed by atoms with E-state index in [0.717, 1.165) is 13.0 Å². The van der Waals surface area contributed by atoms with E-state index in [-0.39, 0.29) is 6.04 Å². The third kappa shape index (κ3) is 4.08. The fraction of sp³-hybridized carbons (Fsp3) is 0.909. The topological polar surface area (TPSA) is 39.1 Å². The van der Waals surface area contributed by atoms with E-state index in [0.29, 0.717) is 6.04 Å². The van der Waals surface area contributed by atoms with E-state index in [1.807, 2.05) is 0 Å². The van der Waals surface area contributed by atoms with Crippen molar-refractivity contribution in [2.24, 2.45) is 0 Å². The Labute approximate surface area is 87.1 Å². The average Bonchev–Trinajstić information content (AvgIpc) is 2.64. The predicted molar refractivity (Wildman–Crippen MR) is 58.0 cm³/mol. The highest BCUT2D eigenvalue weighted by Gasteiger charge is 2.14. The molecule has 3 nitrogen and oxygen atoms in total. The van der Waals surface area contributed by atoms with Crippen molar-refractivity contribution in [1.82, 2.24) is 10.2 Å². The fourth-order valence-corrected chi connectivity index (χ4v) is 1.91. The second-order valence-electron chi connectivity index (χ2n) is 4.34. The summed E-state index contributed by atoms with van der Waals surface area (Å²) in [6.45, 7) is 7.68. The fourth-order valence-electron chi connectivity index (χ4n) is 1.91. The molecule has 1 atom stereocenters. The average molecular weight is 195 g/mol. The molecule has 1 N–H and O–H groups in total. The first-order valence-electron chi connectivity index (χ1n) is 5.60. The molecule has 0 saturated carbocycles. The van der Waals surface area contributed by atoms with Gasteiger partial charge in [-0.3, -0.25) is 5.32 Å². The van der Waals surface area contributed by atoms with Crippen molar-refractivity contribution in [3.63, 3.8) is 0 Å². The maximum absolute atomic E-state index is 8.92. The molecule has 0 radical (unpaired) electrons. The van der Waals surface area contributed by atoms with Crippen LogP contribution >= 0.6 is 0 Å². The molecule has 0 amide bonds. The number of hydrogen-bond donors (Lipinski definition) is 1. The second-order valence-corrected chi connectivity index (χ2v) is 4.34. The van der Waals surface area contributed by atoms with Crippen molar-refractivity contribution in [1.29, 1.82) is 5.26 Å². The summed E-state index contributed by atoms with van der Waals surface area (Å²) in [7, 11) is 0. The zero-order valence-electron chi connectivity index (χ0n) is 9.29. The van der Waals surface area contributed by atoms with Crippen molar-refractivity contribution in [2.45, 2.75) is 45.2 Å². The van der Waals surface area contributed by atoms with Gasteiger partial charge in [0.15, 0.2) is 0 Å². The highest BCUT2D eigenvalue weighted by atomic mass is 15.1. The zero-order chi connectivity index (χ0) is 10.4. The summed E-state index contributed by atoms with van der Waals surface area (Å²) < 4.78 is 0. The van der Waals surface area contributed by atoms with E-state index in [1.54, 1.807) is 0 Å². The van der Waals surface area contributed by atoms with Gasteiger partial charge in [0.1, 0.15) is 0 Å². The molecule has 1 fully saturated rings. The van der Waals surface area contributed by atoms with Crippen molar-refractivity contribution >= 4 is 0 Å². The lowest BCUT2D eigenvalue weighted by Crippen LogP contribution is -2.36. The van der Waals surface area contributed by atoms with Gasteiger partial charge in [-0.2, -0.15) is 5.26 Å². The Bertz CT molecular complexity index is 189. The minimum atomic E-state index is 0.0237. The maximum atomic E-state index is 8.92. The van der Waals surface area contributed by atoms with Crippen LogP contribution < -0.4 is 5.32 Å². The molecular weight excluding hydrogens is 174 g/mol. The van der Waals surface area contributed by atoms with Crippen molar-refractivity contribution in [2.75, 3.05) is 19.6 Å². The Balaban J connectivity index is 2.17. The van der Waals surface area contributed by atoms with Crippen LogP contribution in [-0.2, 0) is 0 Å². The van der Waals surface area contributed by atoms with Gasteiger partial charge < -0.3 is 4.90 Å². The van der Waals surface area contributed by atoms with Crippen LogP contribution in [0.4, 0.5) is 0 Å². The first-order valence-corrected chi connectivity index (χ1v) is 5.60. The van der Waals surface area contributed by atoms with Gasteiger partial charge in [0.2, 0.25) is 0 Å². The second kappa shape index (κ2) is 6.00. The minimum absolute atomic E-state index is 0.0237. The third-order valence-corrected chi connectivity index (χ3v) is 2.62. The molecule has 1 saturated heterocycles.